The monoisotopic (exact) mass is 390 g/mol. The van der Waals surface area contributed by atoms with Crippen molar-refractivity contribution < 1.29 is 19.4 Å². The number of carboxylic acids is 1. The van der Waals surface area contributed by atoms with Crippen molar-refractivity contribution in [3.8, 4) is 11.1 Å². The molecule has 29 heavy (non-hydrogen) atoms. The van der Waals surface area contributed by atoms with Gasteiger partial charge in [0.1, 0.15) is 6.61 Å². The summed E-state index contributed by atoms with van der Waals surface area (Å²) in [5.41, 5.74) is 5.50. The number of carboxylic acid groups (broad SMARTS) is 1. The van der Waals surface area contributed by atoms with E-state index in [1.165, 1.54) is 0 Å². The molecule has 0 amide bonds. The third-order valence-electron chi connectivity index (χ3n) is 5.31. The van der Waals surface area contributed by atoms with E-state index in [4.69, 9.17) is 4.74 Å². The highest BCUT2D eigenvalue weighted by molar-refractivity contribution is 5.80. The molecule has 1 aliphatic rings. The Bertz CT molecular complexity index is 1010. The Morgan fingerprint density at radius 3 is 2.28 bits per heavy atom. The molecule has 1 N–H and O–H groups in total. The predicted molar refractivity (Wildman–Crippen MR) is 107 cm³/mol. The Morgan fingerprint density at radius 1 is 1.10 bits per heavy atom. The summed E-state index contributed by atoms with van der Waals surface area (Å²) in [4.78, 5) is 24.0. The van der Waals surface area contributed by atoms with Gasteiger partial charge in [-0.25, -0.2) is 0 Å². The summed E-state index contributed by atoms with van der Waals surface area (Å²) >= 11 is 0. The van der Waals surface area contributed by atoms with Crippen LogP contribution in [0.3, 0.4) is 0 Å². The maximum Gasteiger partial charge on any atom is 0.308 e. The number of hydrogen-bond acceptors (Lipinski definition) is 4. The zero-order valence-corrected chi connectivity index (χ0v) is 16.1. The zero-order valence-electron chi connectivity index (χ0n) is 16.1. The number of carbonyl (C=O) groups excluding carboxylic acids is 1. The third-order valence-corrected chi connectivity index (χ3v) is 5.31. The number of carbonyl (C=O) groups is 2. The Labute approximate surface area is 168 Å². The molecule has 0 aliphatic heterocycles. The number of rotatable bonds is 7. The lowest BCUT2D eigenvalue weighted by atomic mass is 9.98. The summed E-state index contributed by atoms with van der Waals surface area (Å²) in [5.74, 6) is -2.47. The Balaban J connectivity index is 1.43. The van der Waals surface area contributed by atoms with Crippen LogP contribution < -0.4 is 0 Å². The number of ether oxygens (including phenoxy) is 1. The molecule has 3 aromatic rings. The summed E-state index contributed by atoms with van der Waals surface area (Å²) in [7, 11) is 0. The normalized spacial score (nSPS) is 13.6. The lowest BCUT2D eigenvalue weighted by Crippen LogP contribution is -2.25. The molecular formula is C23H22N2O4. The van der Waals surface area contributed by atoms with Crippen LogP contribution in [0.5, 0.6) is 0 Å². The average Bonchev–Trinajstić information content (AvgIpc) is 3.27. The summed E-state index contributed by atoms with van der Waals surface area (Å²) in [5, 5.41) is 13.6. The molecule has 0 spiro atoms. The molecule has 6 heteroatoms. The highest BCUT2D eigenvalue weighted by atomic mass is 16.5. The highest BCUT2D eigenvalue weighted by Crippen LogP contribution is 2.44. The van der Waals surface area contributed by atoms with Crippen LogP contribution in [-0.2, 0) is 20.9 Å². The van der Waals surface area contributed by atoms with Crippen LogP contribution in [0.25, 0.3) is 11.1 Å². The van der Waals surface area contributed by atoms with Crippen LogP contribution >= 0.6 is 0 Å². The van der Waals surface area contributed by atoms with E-state index < -0.39 is 17.9 Å². The second-order valence-corrected chi connectivity index (χ2v) is 7.39. The first kappa shape index (κ1) is 18.9. The standard InChI is InChI=1S/C23H22N2O4/c1-15-11-24-25(12-15)13-16(23(27)28)10-22(26)29-14-21-19-8-4-2-6-17(19)18-7-3-5-9-20(18)21/h2-9,11-12,16,21H,10,13-14H2,1H3,(H,27,28)/t16-/m0/s1. The van der Waals surface area contributed by atoms with Gasteiger partial charge in [-0.1, -0.05) is 48.5 Å². The summed E-state index contributed by atoms with van der Waals surface area (Å²) in [6, 6.07) is 16.2. The first-order valence-corrected chi connectivity index (χ1v) is 9.58. The molecule has 0 unspecified atom stereocenters. The summed E-state index contributed by atoms with van der Waals surface area (Å²) < 4.78 is 7.08. The highest BCUT2D eigenvalue weighted by Gasteiger charge is 2.30. The molecule has 2 aromatic carbocycles. The molecule has 148 valence electrons. The average molecular weight is 390 g/mol. The van der Waals surface area contributed by atoms with Crippen molar-refractivity contribution in [1.29, 1.82) is 0 Å². The fourth-order valence-electron chi connectivity index (χ4n) is 3.90. The van der Waals surface area contributed by atoms with E-state index >= 15 is 0 Å². The topological polar surface area (TPSA) is 81.4 Å². The number of esters is 1. The van der Waals surface area contributed by atoms with Gasteiger partial charge in [0.2, 0.25) is 0 Å². The maximum absolute atomic E-state index is 12.4. The van der Waals surface area contributed by atoms with Gasteiger partial charge in [-0.15, -0.1) is 0 Å². The molecule has 1 heterocycles. The van der Waals surface area contributed by atoms with Crippen LogP contribution in [0.2, 0.25) is 0 Å². The van der Waals surface area contributed by atoms with E-state index in [1.807, 2.05) is 43.3 Å². The number of hydrogen-bond donors (Lipinski definition) is 1. The van der Waals surface area contributed by atoms with Gasteiger partial charge in [0.25, 0.3) is 0 Å². The fraction of sp³-hybridized carbons (Fsp3) is 0.261. The van der Waals surface area contributed by atoms with Crippen LogP contribution in [0.15, 0.2) is 60.9 Å². The van der Waals surface area contributed by atoms with E-state index in [0.717, 1.165) is 27.8 Å². The van der Waals surface area contributed by atoms with Crippen LogP contribution in [-0.4, -0.2) is 33.4 Å². The maximum atomic E-state index is 12.4. The minimum atomic E-state index is -1.04. The van der Waals surface area contributed by atoms with Crippen molar-refractivity contribution >= 4 is 11.9 Å². The number of fused-ring (bicyclic) bond motifs is 3. The zero-order chi connectivity index (χ0) is 20.4. The lowest BCUT2D eigenvalue weighted by molar-refractivity contribution is -0.152. The molecule has 0 saturated heterocycles. The molecule has 0 radical (unpaired) electrons. The van der Waals surface area contributed by atoms with Gasteiger partial charge in [-0.2, -0.15) is 5.10 Å². The molecule has 0 bridgehead atoms. The molecule has 1 atom stereocenters. The Kier molecular flexibility index (Phi) is 5.16. The Hall–Kier alpha value is -3.41. The smallest absolute Gasteiger partial charge is 0.308 e. The SMILES string of the molecule is Cc1cnn(C[C@H](CC(=O)OCC2c3ccccc3-c3ccccc32)C(=O)O)c1. The Morgan fingerprint density at radius 2 is 1.72 bits per heavy atom. The number of nitrogens with zero attached hydrogens (tertiary/aromatic N) is 2. The first-order valence-electron chi connectivity index (χ1n) is 9.58. The second kappa shape index (κ2) is 7.91. The largest absolute Gasteiger partial charge is 0.481 e. The van der Waals surface area contributed by atoms with E-state index in [9.17, 15) is 14.7 Å². The minimum Gasteiger partial charge on any atom is -0.481 e. The van der Waals surface area contributed by atoms with Gasteiger partial charge in [-0.3, -0.25) is 14.3 Å². The third kappa shape index (κ3) is 3.92. The van der Waals surface area contributed by atoms with Gasteiger partial charge in [0.15, 0.2) is 0 Å². The van der Waals surface area contributed by atoms with E-state index in [1.54, 1.807) is 17.1 Å². The van der Waals surface area contributed by atoms with Crippen LogP contribution in [0.4, 0.5) is 0 Å². The van der Waals surface area contributed by atoms with Crippen molar-refractivity contribution in [3.05, 3.63) is 77.6 Å². The van der Waals surface area contributed by atoms with Gasteiger partial charge in [-0.05, 0) is 34.7 Å². The van der Waals surface area contributed by atoms with Crippen molar-refractivity contribution in [2.75, 3.05) is 6.61 Å². The first-order chi connectivity index (χ1) is 14.0. The second-order valence-electron chi connectivity index (χ2n) is 7.39. The summed E-state index contributed by atoms with van der Waals surface area (Å²) in [6.45, 7) is 2.21. The predicted octanol–water partition coefficient (Wildman–Crippen LogP) is 3.64. The van der Waals surface area contributed by atoms with E-state index in [-0.39, 0.29) is 25.5 Å². The van der Waals surface area contributed by atoms with Crippen molar-refractivity contribution in [2.24, 2.45) is 5.92 Å². The number of aliphatic carboxylic acids is 1. The fourth-order valence-corrected chi connectivity index (χ4v) is 3.90. The van der Waals surface area contributed by atoms with Gasteiger partial charge < -0.3 is 9.84 Å². The quantitative estimate of drug-likeness (QED) is 0.623. The lowest BCUT2D eigenvalue weighted by Gasteiger charge is -2.16. The van der Waals surface area contributed by atoms with Crippen molar-refractivity contribution in [2.45, 2.75) is 25.8 Å². The van der Waals surface area contributed by atoms with Crippen molar-refractivity contribution in [1.82, 2.24) is 9.78 Å². The molecule has 1 aliphatic carbocycles. The van der Waals surface area contributed by atoms with Gasteiger partial charge >= 0.3 is 11.9 Å². The summed E-state index contributed by atoms with van der Waals surface area (Å²) in [6.07, 6.45) is 3.23. The molecule has 0 saturated carbocycles. The van der Waals surface area contributed by atoms with Gasteiger partial charge in [0, 0.05) is 12.1 Å². The number of benzene rings is 2. The molecule has 6 nitrogen and oxygen atoms in total. The minimum absolute atomic E-state index is 0.0385. The molecule has 0 fully saturated rings. The van der Waals surface area contributed by atoms with Crippen LogP contribution in [0, 0.1) is 12.8 Å². The van der Waals surface area contributed by atoms with Gasteiger partial charge in [0.05, 0.1) is 25.1 Å². The van der Waals surface area contributed by atoms with E-state index in [2.05, 4.69) is 17.2 Å². The van der Waals surface area contributed by atoms with Crippen LogP contribution in [0.1, 0.15) is 29.0 Å². The van der Waals surface area contributed by atoms with E-state index in [0.29, 0.717) is 0 Å². The molecule has 1 aromatic heterocycles. The number of aryl methyl sites for hydroxylation is 1. The molecular weight excluding hydrogens is 368 g/mol. The van der Waals surface area contributed by atoms with Crippen molar-refractivity contribution in [3.63, 3.8) is 0 Å². The molecule has 4 rings (SSSR count). The number of aromatic nitrogens is 2.